The first-order chi connectivity index (χ1) is 10.8. The highest BCUT2D eigenvalue weighted by molar-refractivity contribution is 5.42. The lowest BCUT2D eigenvalue weighted by atomic mass is 9.72. The normalized spacial score (nSPS) is 27.5. The summed E-state index contributed by atoms with van der Waals surface area (Å²) in [5, 5.41) is 0. The largest absolute Gasteiger partial charge is 0.328 e. The van der Waals surface area contributed by atoms with Gasteiger partial charge in [-0.15, -0.1) is 0 Å². The Labute approximate surface area is 132 Å². The molecule has 2 heterocycles. The topological polar surface area (TPSA) is 29.3 Å². The van der Waals surface area contributed by atoms with Crippen molar-refractivity contribution >= 4 is 0 Å². The van der Waals surface area contributed by atoms with Gasteiger partial charge in [0, 0.05) is 24.0 Å². The number of hydrogen-bond acceptors (Lipinski definition) is 2. The van der Waals surface area contributed by atoms with Crippen molar-refractivity contribution in [1.82, 2.24) is 4.90 Å². The van der Waals surface area contributed by atoms with Gasteiger partial charge in [-0.05, 0) is 36.9 Å². The lowest BCUT2D eigenvalue weighted by Gasteiger charge is -2.33. The smallest absolute Gasteiger partial charge is 0.0344 e. The van der Waals surface area contributed by atoms with Gasteiger partial charge in [0.05, 0.1) is 0 Å². The molecule has 2 aliphatic rings. The van der Waals surface area contributed by atoms with Crippen molar-refractivity contribution < 1.29 is 0 Å². The maximum Gasteiger partial charge on any atom is 0.0344 e. The highest BCUT2D eigenvalue weighted by atomic mass is 15.2. The second-order valence-corrected chi connectivity index (χ2v) is 6.93. The third-order valence-electron chi connectivity index (χ3n) is 5.59. The van der Waals surface area contributed by atoms with Crippen LogP contribution in [0.5, 0.6) is 0 Å². The molecule has 2 aliphatic heterocycles. The van der Waals surface area contributed by atoms with E-state index >= 15 is 0 Å². The third-order valence-corrected chi connectivity index (χ3v) is 5.59. The molecule has 0 unspecified atom stereocenters. The molecule has 0 bridgehead atoms. The van der Waals surface area contributed by atoms with Gasteiger partial charge >= 0.3 is 0 Å². The molecule has 0 spiro atoms. The number of nitrogens with zero attached hydrogens (tertiary/aromatic N) is 1. The van der Waals surface area contributed by atoms with Crippen molar-refractivity contribution in [1.29, 1.82) is 0 Å². The quantitative estimate of drug-likeness (QED) is 0.921. The Kier molecular flexibility index (Phi) is 3.51. The van der Waals surface area contributed by atoms with Gasteiger partial charge in [-0.1, -0.05) is 60.7 Å². The fraction of sp³-hybridized carbons (Fsp3) is 0.400. The summed E-state index contributed by atoms with van der Waals surface area (Å²) in [4.78, 5) is 2.67. The predicted octanol–water partition coefficient (Wildman–Crippen LogP) is 3.17. The van der Waals surface area contributed by atoms with Crippen LogP contribution in [0, 0.1) is 0 Å². The number of hydrogen-bond donors (Lipinski definition) is 1. The van der Waals surface area contributed by atoms with E-state index < -0.39 is 0 Å². The lowest BCUT2D eigenvalue weighted by Crippen LogP contribution is -2.43. The van der Waals surface area contributed by atoms with Gasteiger partial charge < -0.3 is 5.73 Å². The van der Waals surface area contributed by atoms with Gasteiger partial charge in [0.15, 0.2) is 0 Å². The van der Waals surface area contributed by atoms with Crippen LogP contribution in [0.15, 0.2) is 60.7 Å². The van der Waals surface area contributed by atoms with Crippen LogP contribution in [-0.2, 0) is 5.41 Å². The fourth-order valence-corrected chi connectivity index (χ4v) is 4.46. The number of benzene rings is 2. The van der Waals surface area contributed by atoms with Crippen molar-refractivity contribution in [2.24, 2.45) is 5.73 Å². The molecule has 0 amide bonds. The average Bonchev–Trinajstić information content (AvgIpc) is 2.96. The summed E-state index contributed by atoms with van der Waals surface area (Å²) in [6.45, 7) is 2.27. The van der Waals surface area contributed by atoms with E-state index in [-0.39, 0.29) is 5.41 Å². The van der Waals surface area contributed by atoms with E-state index in [1.165, 1.54) is 17.5 Å². The van der Waals surface area contributed by atoms with E-state index in [0.29, 0.717) is 12.1 Å². The first-order valence-corrected chi connectivity index (χ1v) is 8.39. The summed E-state index contributed by atoms with van der Waals surface area (Å²) in [5.41, 5.74) is 9.25. The third kappa shape index (κ3) is 2.27. The first kappa shape index (κ1) is 14.0. The molecule has 2 atom stereocenters. The molecule has 0 radical (unpaired) electrons. The van der Waals surface area contributed by atoms with Gasteiger partial charge in [-0.2, -0.15) is 0 Å². The zero-order chi connectivity index (χ0) is 15.0. The van der Waals surface area contributed by atoms with Gasteiger partial charge in [-0.3, -0.25) is 4.90 Å². The molecule has 0 saturated carbocycles. The molecule has 4 rings (SSSR count). The van der Waals surface area contributed by atoms with Gasteiger partial charge in [0.1, 0.15) is 0 Å². The number of fused-ring (bicyclic) bond motifs is 1. The van der Waals surface area contributed by atoms with Crippen LogP contribution in [0.1, 0.15) is 30.4 Å². The van der Waals surface area contributed by atoms with Gasteiger partial charge in [0.25, 0.3) is 0 Å². The number of nitrogens with two attached hydrogens (primary N) is 1. The molecule has 2 aromatic rings. The maximum atomic E-state index is 6.23. The van der Waals surface area contributed by atoms with E-state index in [1.807, 2.05) is 0 Å². The summed E-state index contributed by atoms with van der Waals surface area (Å²) in [6, 6.07) is 23.1. The predicted molar refractivity (Wildman–Crippen MR) is 90.9 cm³/mol. The van der Waals surface area contributed by atoms with Crippen LogP contribution in [0.2, 0.25) is 0 Å². The van der Waals surface area contributed by atoms with Crippen molar-refractivity contribution in [3.63, 3.8) is 0 Å². The lowest BCUT2D eigenvalue weighted by molar-refractivity contribution is 0.180. The Morgan fingerprint density at radius 3 is 2.09 bits per heavy atom. The first-order valence-electron chi connectivity index (χ1n) is 8.39. The average molecular weight is 292 g/mol. The molecule has 2 N–H and O–H groups in total. The van der Waals surface area contributed by atoms with E-state index in [4.69, 9.17) is 5.73 Å². The van der Waals surface area contributed by atoms with E-state index in [9.17, 15) is 0 Å². The molecule has 2 aromatic carbocycles. The molecule has 0 aromatic heterocycles. The molecule has 114 valence electrons. The molecule has 2 nitrogen and oxygen atoms in total. The minimum absolute atomic E-state index is 0.122. The highest BCUT2D eigenvalue weighted by Crippen LogP contribution is 2.45. The molecule has 2 heteroatoms. The Bertz CT molecular complexity index is 583. The minimum Gasteiger partial charge on any atom is -0.328 e. The molecule has 22 heavy (non-hydrogen) atoms. The van der Waals surface area contributed by atoms with Gasteiger partial charge in [0.2, 0.25) is 0 Å². The Morgan fingerprint density at radius 1 is 0.909 bits per heavy atom. The maximum absolute atomic E-state index is 6.23. The Balaban J connectivity index is 1.78. The zero-order valence-electron chi connectivity index (χ0n) is 13.0. The van der Waals surface area contributed by atoms with Crippen molar-refractivity contribution in [3.8, 4) is 0 Å². The van der Waals surface area contributed by atoms with Gasteiger partial charge in [-0.25, -0.2) is 0 Å². The van der Waals surface area contributed by atoms with E-state index in [2.05, 4.69) is 65.6 Å². The van der Waals surface area contributed by atoms with Crippen LogP contribution >= 0.6 is 0 Å². The fourth-order valence-electron chi connectivity index (χ4n) is 4.46. The second kappa shape index (κ2) is 5.53. The molecule has 0 aliphatic carbocycles. The summed E-state index contributed by atoms with van der Waals surface area (Å²) in [7, 11) is 0. The van der Waals surface area contributed by atoms with Crippen LogP contribution in [0.25, 0.3) is 0 Å². The monoisotopic (exact) mass is 292 g/mol. The van der Waals surface area contributed by atoms with Crippen LogP contribution in [-0.4, -0.2) is 30.1 Å². The van der Waals surface area contributed by atoms with Crippen LogP contribution in [0.4, 0.5) is 0 Å². The van der Waals surface area contributed by atoms with Crippen molar-refractivity contribution in [2.75, 3.05) is 13.1 Å². The summed E-state index contributed by atoms with van der Waals surface area (Å²) < 4.78 is 0. The second-order valence-electron chi connectivity index (χ2n) is 6.93. The number of piperidine rings is 1. The van der Waals surface area contributed by atoms with E-state index in [1.54, 1.807) is 0 Å². The highest BCUT2D eigenvalue weighted by Gasteiger charge is 2.47. The minimum atomic E-state index is 0.122. The van der Waals surface area contributed by atoms with Crippen molar-refractivity contribution in [3.05, 3.63) is 71.8 Å². The molecular formula is C20H24N2. The molecule has 2 saturated heterocycles. The zero-order valence-corrected chi connectivity index (χ0v) is 13.0. The molecular weight excluding hydrogens is 268 g/mol. The van der Waals surface area contributed by atoms with Crippen LogP contribution in [0.3, 0.4) is 0 Å². The summed E-state index contributed by atoms with van der Waals surface area (Å²) in [6.07, 6.45) is 3.46. The van der Waals surface area contributed by atoms with Crippen LogP contribution < -0.4 is 5.73 Å². The summed E-state index contributed by atoms with van der Waals surface area (Å²) in [5.74, 6) is 0. The number of rotatable bonds is 2. The van der Waals surface area contributed by atoms with E-state index in [0.717, 1.165) is 25.9 Å². The Morgan fingerprint density at radius 2 is 1.50 bits per heavy atom. The summed E-state index contributed by atoms with van der Waals surface area (Å²) >= 11 is 0. The standard InChI is InChI=1S/C20H24N2/c21-18-11-12-22-15-20(14-19(22)13-18,16-7-3-1-4-8-16)17-9-5-2-6-10-17/h1-10,18-19H,11-15,21H2/t18-,19+/m0/s1. The SMILES string of the molecule is N[C@H]1CCN2CC(c3ccccc3)(c3ccccc3)C[C@H]2C1. The van der Waals surface area contributed by atoms with Crippen molar-refractivity contribution in [2.45, 2.75) is 36.8 Å². The molecule has 2 fully saturated rings. The Hall–Kier alpha value is -1.64.